The van der Waals surface area contributed by atoms with E-state index in [2.05, 4.69) is 25.3 Å². The van der Waals surface area contributed by atoms with Gasteiger partial charge in [-0.05, 0) is 48.7 Å². The SMILES string of the molecule is COC(=O)N[C@@H](CC/C=C/C(=O)N(C)C)C(=O)Nc1cncn(Cc2nc3cc(F)ccc3n2Cc2ccc(F)cc2)c1=O. The molecule has 230 valence electrons. The van der Waals surface area contributed by atoms with Gasteiger partial charge in [0.2, 0.25) is 11.8 Å². The number of carbonyl (C=O) groups excluding carboxylic acids is 3. The number of carbonyl (C=O) groups is 3. The molecule has 3 amide bonds. The number of allylic oxidation sites excluding steroid dienone is 1. The van der Waals surface area contributed by atoms with Gasteiger partial charge >= 0.3 is 6.09 Å². The van der Waals surface area contributed by atoms with Crippen molar-refractivity contribution in [1.82, 2.24) is 29.3 Å². The molecule has 0 aliphatic rings. The average molecular weight is 608 g/mol. The Morgan fingerprint density at radius 3 is 2.50 bits per heavy atom. The van der Waals surface area contributed by atoms with Crippen LogP contribution in [0.2, 0.25) is 0 Å². The third-order valence-electron chi connectivity index (χ3n) is 6.63. The predicted molar refractivity (Wildman–Crippen MR) is 158 cm³/mol. The van der Waals surface area contributed by atoms with Crippen LogP contribution in [-0.4, -0.2) is 69.2 Å². The van der Waals surface area contributed by atoms with Gasteiger partial charge in [-0.2, -0.15) is 0 Å². The Hall–Kier alpha value is -5.40. The number of nitrogens with one attached hydrogen (secondary N) is 2. The van der Waals surface area contributed by atoms with Crippen molar-refractivity contribution in [3.05, 3.63) is 101 Å². The molecule has 4 aromatic rings. The van der Waals surface area contributed by atoms with Crippen LogP contribution in [0.1, 0.15) is 24.2 Å². The zero-order chi connectivity index (χ0) is 31.8. The number of ether oxygens (including phenoxy) is 1. The number of anilines is 1. The summed E-state index contributed by atoms with van der Waals surface area (Å²) in [7, 11) is 4.35. The van der Waals surface area contributed by atoms with Crippen LogP contribution in [0.5, 0.6) is 0 Å². The highest BCUT2D eigenvalue weighted by Crippen LogP contribution is 2.20. The van der Waals surface area contributed by atoms with Gasteiger partial charge in [0, 0.05) is 26.7 Å². The molecule has 2 N–H and O–H groups in total. The van der Waals surface area contributed by atoms with Gasteiger partial charge in [0.15, 0.2) is 0 Å². The molecule has 0 aliphatic carbocycles. The molecule has 44 heavy (non-hydrogen) atoms. The number of amides is 3. The van der Waals surface area contributed by atoms with Gasteiger partial charge in [-0.15, -0.1) is 0 Å². The molecule has 2 aromatic heterocycles. The van der Waals surface area contributed by atoms with Crippen molar-refractivity contribution in [3.63, 3.8) is 0 Å². The number of benzene rings is 2. The van der Waals surface area contributed by atoms with Crippen molar-refractivity contribution in [1.29, 1.82) is 0 Å². The number of halogens is 2. The van der Waals surface area contributed by atoms with E-state index in [1.54, 1.807) is 42.9 Å². The Morgan fingerprint density at radius 1 is 1.07 bits per heavy atom. The summed E-state index contributed by atoms with van der Waals surface area (Å²) < 4.78 is 35.1. The molecular formula is C30H31F2N7O5. The molecule has 2 heterocycles. The molecule has 0 radical (unpaired) electrons. The maximum atomic E-state index is 14.0. The number of hydrogen-bond acceptors (Lipinski definition) is 7. The molecule has 0 saturated carbocycles. The van der Waals surface area contributed by atoms with Crippen molar-refractivity contribution >= 4 is 34.6 Å². The molecule has 0 aliphatic heterocycles. The molecular weight excluding hydrogens is 576 g/mol. The maximum absolute atomic E-state index is 14.0. The minimum Gasteiger partial charge on any atom is -0.453 e. The first-order valence-electron chi connectivity index (χ1n) is 13.5. The second-order valence-corrected chi connectivity index (χ2v) is 10.0. The monoisotopic (exact) mass is 607 g/mol. The zero-order valence-corrected chi connectivity index (χ0v) is 24.3. The first kappa shape index (κ1) is 31.5. The summed E-state index contributed by atoms with van der Waals surface area (Å²) in [6.45, 7) is 0.188. The summed E-state index contributed by atoms with van der Waals surface area (Å²) in [6, 6.07) is 8.95. The van der Waals surface area contributed by atoms with E-state index >= 15 is 0 Å². The molecule has 2 aromatic carbocycles. The second-order valence-electron chi connectivity index (χ2n) is 10.0. The van der Waals surface area contributed by atoms with Crippen molar-refractivity contribution < 1.29 is 27.9 Å². The summed E-state index contributed by atoms with van der Waals surface area (Å²) in [5, 5.41) is 4.94. The number of alkyl carbamates (subject to hydrolysis) is 1. The Balaban J connectivity index is 1.57. The summed E-state index contributed by atoms with van der Waals surface area (Å²) >= 11 is 0. The molecule has 14 heteroatoms. The molecule has 0 saturated heterocycles. The number of rotatable bonds is 11. The second kappa shape index (κ2) is 14.2. The Bertz CT molecular complexity index is 1750. The highest BCUT2D eigenvalue weighted by molar-refractivity contribution is 5.96. The van der Waals surface area contributed by atoms with Crippen LogP contribution in [0.4, 0.5) is 19.3 Å². The lowest BCUT2D eigenvalue weighted by molar-refractivity contribution is -0.123. The van der Waals surface area contributed by atoms with E-state index in [4.69, 9.17) is 0 Å². The quantitative estimate of drug-likeness (QED) is 0.250. The van der Waals surface area contributed by atoms with Crippen LogP contribution in [0.25, 0.3) is 11.0 Å². The Kier molecular flexibility index (Phi) is 10.2. The Labute approximate surface area is 251 Å². The molecule has 0 unspecified atom stereocenters. The lowest BCUT2D eigenvalue weighted by Crippen LogP contribution is -2.44. The van der Waals surface area contributed by atoms with Gasteiger partial charge in [0.05, 0.1) is 37.2 Å². The largest absolute Gasteiger partial charge is 0.453 e. The van der Waals surface area contributed by atoms with Crippen LogP contribution in [0, 0.1) is 11.6 Å². The van der Waals surface area contributed by atoms with E-state index in [1.165, 1.54) is 52.3 Å². The average Bonchev–Trinajstić information content (AvgIpc) is 3.32. The van der Waals surface area contributed by atoms with E-state index in [9.17, 15) is 28.0 Å². The molecule has 0 spiro atoms. The fraction of sp³-hybridized carbons (Fsp3) is 0.267. The van der Waals surface area contributed by atoms with Gasteiger partial charge in [0.25, 0.3) is 5.56 Å². The number of fused-ring (bicyclic) bond motifs is 1. The van der Waals surface area contributed by atoms with Crippen LogP contribution >= 0.6 is 0 Å². The van der Waals surface area contributed by atoms with E-state index in [1.807, 2.05) is 0 Å². The first-order valence-corrected chi connectivity index (χ1v) is 13.5. The number of likely N-dealkylation sites (N-methyl/N-ethyl adjacent to an activating group) is 1. The van der Waals surface area contributed by atoms with Crippen molar-refractivity contribution in [2.45, 2.75) is 32.0 Å². The minimum absolute atomic E-state index is 0.0818. The fourth-order valence-corrected chi connectivity index (χ4v) is 4.31. The maximum Gasteiger partial charge on any atom is 0.407 e. The minimum atomic E-state index is -1.09. The van der Waals surface area contributed by atoms with Gasteiger partial charge in [-0.1, -0.05) is 18.2 Å². The standard InChI is InChI=1S/C30H31F2N7O5/c1-37(2)27(40)7-5-4-6-22(36-30(43)44-3)28(41)35-24-15-33-18-38(29(24)42)17-26-34-23-14-21(32)12-13-25(23)39(26)16-19-8-10-20(31)11-9-19/h5,7-15,18,22H,4,6,16-17H2,1-3H3,(H,35,41)(H,36,43)/b7-5+/t22-/m0/s1. The third-order valence-corrected chi connectivity index (χ3v) is 6.63. The summed E-state index contributed by atoms with van der Waals surface area (Å²) in [5.41, 5.74) is 0.973. The molecule has 0 fully saturated rings. The first-order chi connectivity index (χ1) is 21.0. The number of methoxy groups -OCH3 is 1. The van der Waals surface area contributed by atoms with Gasteiger partial charge in [0.1, 0.15) is 29.2 Å². The molecule has 0 bridgehead atoms. The van der Waals surface area contributed by atoms with Crippen molar-refractivity contribution in [2.24, 2.45) is 0 Å². The number of hydrogen-bond donors (Lipinski definition) is 2. The smallest absolute Gasteiger partial charge is 0.407 e. The van der Waals surface area contributed by atoms with E-state index in [-0.39, 0.29) is 43.3 Å². The zero-order valence-electron chi connectivity index (χ0n) is 24.3. The fourth-order valence-electron chi connectivity index (χ4n) is 4.31. The Morgan fingerprint density at radius 2 is 1.80 bits per heavy atom. The van der Waals surface area contributed by atoms with Crippen molar-refractivity contribution in [3.8, 4) is 0 Å². The van der Waals surface area contributed by atoms with Crippen LogP contribution in [-0.2, 0) is 27.4 Å². The van der Waals surface area contributed by atoms with Gasteiger partial charge in [-0.3, -0.25) is 19.0 Å². The van der Waals surface area contributed by atoms with Gasteiger partial charge in [-0.25, -0.2) is 23.5 Å². The molecule has 4 rings (SSSR count). The highest BCUT2D eigenvalue weighted by atomic mass is 19.1. The molecule has 1 atom stereocenters. The van der Waals surface area contributed by atoms with Crippen molar-refractivity contribution in [2.75, 3.05) is 26.5 Å². The lowest BCUT2D eigenvalue weighted by Gasteiger charge is -2.17. The topological polar surface area (TPSA) is 140 Å². The van der Waals surface area contributed by atoms with Gasteiger partial charge < -0.3 is 24.8 Å². The summed E-state index contributed by atoms with van der Waals surface area (Å²) in [5.74, 6) is -1.40. The summed E-state index contributed by atoms with van der Waals surface area (Å²) in [4.78, 5) is 60.2. The number of nitrogens with zero attached hydrogens (tertiary/aromatic N) is 5. The van der Waals surface area contributed by atoms with Crippen LogP contribution in [0.15, 0.2) is 71.9 Å². The van der Waals surface area contributed by atoms with Crippen LogP contribution in [0.3, 0.4) is 0 Å². The summed E-state index contributed by atoms with van der Waals surface area (Å²) in [6.07, 6.45) is 4.90. The van der Waals surface area contributed by atoms with E-state index < -0.39 is 29.4 Å². The number of aromatic nitrogens is 4. The normalized spacial score (nSPS) is 11.8. The molecule has 12 nitrogen and oxygen atoms in total. The van der Waals surface area contributed by atoms with E-state index in [0.717, 1.165) is 12.7 Å². The van der Waals surface area contributed by atoms with E-state index in [0.29, 0.717) is 16.9 Å². The predicted octanol–water partition coefficient (Wildman–Crippen LogP) is 3.06. The van der Waals surface area contributed by atoms with Crippen LogP contribution < -0.4 is 16.2 Å². The number of imidazole rings is 1. The lowest BCUT2D eigenvalue weighted by atomic mass is 10.1. The highest BCUT2D eigenvalue weighted by Gasteiger charge is 2.22. The third kappa shape index (κ3) is 7.91.